The molecule has 2 aromatic carbocycles. The van der Waals surface area contributed by atoms with Gasteiger partial charge in [-0.2, -0.15) is 8.42 Å². The fourth-order valence-corrected chi connectivity index (χ4v) is 4.59. The van der Waals surface area contributed by atoms with Crippen LogP contribution in [0.25, 0.3) is 0 Å². The normalized spacial score (nSPS) is 12.4. The molecule has 0 aromatic heterocycles. The van der Waals surface area contributed by atoms with Gasteiger partial charge in [0.05, 0.1) is 4.90 Å². The van der Waals surface area contributed by atoms with Crippen LogP contribution < -0.4 is 4.18 Å². The van der Waals surface area contributed by atoms with Gasteiger partial charge in [-0.3, -0.25) is 0 Å². The molecule has 8 heteroatoms. The smallest absolute Gasteiger partial charge is 0.340 e. The number of benzene rings is 2. The predicted molar refractivity (Wildman–Crippen MR) is 95.6 cm³/mol. The van der Waals surface area contributed by atoms with Crippen molar-refractivity contribution in [3.8, 4) is 5.75 Å². The SMILES string of the molecule is CC(C)c1cccc(OS(=O)(=O)c2cc(S(C)(=O)=O)ccc2Br)c1. The van der Waals surface area contributed by atoms with E-state index in [1.165, 1.54) is 18.2 Å². The van der Waals surface area contributed by atoms with Crippen LogP contribution in [0.2, 0.25) is 0 Å². The molecule has 0 saturated carbocycles. The Balaban J connectivity index is 2.46. The van der Waals surface area contributed by atoms with Crippen LogP contribution in [0.3, 0.4) is 0 Å². The van der Waals surface area contributed by atoms with Crippen molar-refractivity contribution < 1.29 is 21.0 Å². The Morgan fingerprint density at radius 2 is 1.67 bits per heavy atom. The molecular weight excluding hydrogens is 416 g/mol. The van der Waals surface area contributed by atoms with Gasteiger partial charge in [0.25, 0.3) is 0 Å². The molecule has 0 aliphatic heterocycles. The molecule has 0 unspecified atom stereocenters. The van der Waals surface area contributed by atoms with Crippen molar-refractivity contribution in [3.05, 3.63) is 52.5 Å². The van der Waals surface area contributed by atoms with Gasteiger partial charge in [-0.25, -0.2) is 8.42 Å². The summed E-state index contributed by atoms with van der Waals surface area (Å²) in [6, 6.07) is 10.6. The van der Waals surface area contributed by atoms with Crippen LogP contribution >= 0.6 is 15.9 Å². The van der Waals surface area contributed by atoms with E-state index in [2.05, 4.69) is 15.9 Å². The van der Waals surface area contributed by atoms with Gasteiger partial charge in [0.15, 0.2) is 9.84 Å². The van der Waals surface area contributed by atoms with Gasteiger partial charge >= 0.3 is 10.1 Å². The average Bonchev–Trinajstić information content (AvgIpc) is 2.46. The Morgan fingerprint density at radius 3 is 2.25 bits per heavy atom. The molecule has 0 aliphatic carbocycles. The van der Waals surface area contributed by atoms with Crippen molar-refractivity contribution in [2.75, 3.05) is 6.26 Å². The van der Waals surface area contributed by atoms with E-state index < -0.39 is 20.0 Å². The molecule has 0 heterocycles. The molecule has 0 amide bonds. The van der Waals surface area contributed by atoms with E-state index in [1.807, 2.05) is 19.9 Å². The Kier molecular flexibility index (Phi) is 5.41. The molecule has 130 valence electrons. The highest BCUT2D eigenvalue weighted by Gasteiger charge is 2.23. The molecule has 0 N–H and O–H groups in total. The number of sulfone groups is 1. The summed E-state index contributed by atoms with van der Waals surface area (Å²) in [5, 5.41) is 0. The summed E-state index contributed by atoms with van der Waals surface area (Å²) in [5.41, 5.74) is 0.937. The topological polar surface area (TPSA) is 77.5 Å². The van der Waals surface area contributed by atoms with E-state index in [-0.39, 0.29) is 25.9 Å². The van der Waals surface area contributed by atoms with E-state index in [0.29, 0.717) is 0 Å². The molecule has 0 atom stereocenters. The molecule has 0 fully saturated rings. The first-order valence-corrected chi connectivity index (χ1v) is 11.1. The largest absolute Gasteiger partial charge is 0.379 e. The molecule has 0 radical (unpaired) electrons. The lowest BCUT2D eigenvalue weighted by atomic mass is 10.0. The summed E-state index contributed by atoms with van der Waals surface area (Å²) in [4.78, 5) is -0.329. The van der Waals surface area contributed by atoms with Crippen molar-refractivity contribution >= 4 is 35.9 Å². The number of halogens is 1. The van der Waals surface area contributed by atoms with Gasteiger partial charge in [-0.15, -0.1) is 0 Å². The molecule has 2 rings (SSSR count). The third kappa shape index (κ3) is 4.37. The van der Waals surface area contributed by atoms with Gasteiger partial charge in [-0.05, 0) is 57.7 Å². The third-order valence-corrected chi connectivity index (χ3v) is 6.68. The van der Waals surface area contributed by atoms with Crippen LogP contribution in [0.15, 0.2) is 56.7 Å². The molecule has 0 spiro atoms. The zero-order chi connectivity index (χ0) is 18.1. The first-order chi connectivity index (χ1) is 11.0. The first kappa shape index (κ1) is 19.0. The number of hydrogen-bond acceptors (Lipinski definition) is 5. The standard InChI is InChI=1S/C16H17BrO5S2/c1-11(2)12-5-4-6-13(9-12)22-24(20,21)16-10-14(23(3,18)19)7-8-15(16)17/h4-11H,1-3H3. The summed E-state index contributed by atoms with van der Waals surface area (Å²) in [5.74, 6) is 0.398. The molecule has 24 heavy (non-hydrogen) atoms. The third-order valence-electron chi connectivity index (χ3n) is 3.33. The fourth-order valence-electron chi connectivity index (χ4n) is 2.00. The lowest BCUT2D eigenvalue weighted by Crippen LogP contribution is -2.12. The quantitative estimate of drug-likeness (QED) is 0.672. The lowest BCUT2D eigenvalue weighted by molar-refractivity contribution is 0.485. The van der Waals surface area contributed by atoms with Crippen LogP contribution in [-0.4, -0.2) is 23.1 Å². The van der Waals surface area contributed by atoms with Gasteiger partial charge in [0.1, 0.15) is 10.6 Å². The maximum absolute atomic E-state index is 12.5. The highest BCUT2D eigenvalue weighted by Crippen LogP contribution is 2.29. The highest BCUT2D eigenvalue weighted by molar-refractivity contribution is 9.10. The van der Waals surface area contributed by atoms with Crippen molar-refractivity contribution in [1.29, 1.82) is 0 Å². The Labute approximate surface area is 150 Å². The maximum Gasteiger partial charge on any atom is 0.340 e. The summed E-state index contributed by atoms with van der Waals surface area (Å²) < 4.78 is 53.8. The van der Waals surface area contributed by atoms with E-state index in [0.717, 1.165) is 17.9 Å². The molecule has 0 bridgehead atoms. The minimum atomic E-state index is -4.18. The second-order valence-electron chi connectivity index (χ2n) is 5.63. The van der Waals surface area contributed by atoms with Gasteiger partial charge in [-0.1, -0.05) is 26.0 Å². The minimum Gasteiger partial charge on any atom is -0.379 e. The summed E-state index contributed by atoms with van der Waals surface area (Å²) in [6.45, 7) is 3.97. The summed E-state index contributed by atoms with van der Waals surface area (Å²) in [6.07, 6.45) is 1.01. The lowest BCUT2D eigenvalue weighted by Gasteiger charge is -2.12. The Morgan fingerprint density at radius 1 is 1.00 bits per heavy atom. The molecular formula is C16H17BrO5S2. The van der Waals surface area contributed by atoms with Crippen LogP contribution in [0.1, 0.15) is 25.3 Å². The van der Waals surface area contributed by atoms with Crippen molar-refractivity contribution in [2.45, 2.75) is 29.6 Å². The Hall–Kier alpha value is -1.38. The zero-order valence-corrected chi connectivity index (χ0v) is 16.6. The fraction of sp³-hybridized carbons (Fsp3) is 0.250. The number of rotatable bonds is 5. The summed E-state index contributed by atoms with van der Waals surface area (Å²) in [7, 11) is -7.71. The second kappa shape index (κ2) is 6.85. The average molecular weight is 433 g/mol. The predicted octanol–water partition coefficient (Wildman–Crippen LogP) is 3.74. The first-order valence-electron chi connectivity index (χ1n) is 7.05. The van der Waals surface area contributed by atoms with E-state index in [9.17, 15) is 16.8 Å². The monoisotopic (exact) mass is 432 g/mol. The van der Waals surface area contributed by atoms with E-state index in [4.69, 9.17) is 4.18 Å². The highest BCUT2D eigenvalue weighted by atomic mass is 79.9. The van der Waals surface area contributed by atoms with Crippen LogP contribution in [-0.2, 0) is 20.0 Å². The van der Waals surface area contributed by atoms with Gasteiger partial charge in [0, 0.05) is 10.7 Å². The Bertz CT molecular complexity index is 964. The van der Waals surface area contributed by atoms with Gasteiger partial charge < -0.3 is 4.18 Å². The van der Waals surface area contributed by atoms with Crippen LogP contribution in [0, 0.1) is 0 Å². The van der Waals surface area contributed by atoms with Crippen molar-refractivity contribution in [2.24, 2.45) is 0 Å². The van der Waals surface area contributed by atoms with E-state index in [1.54, 1.807) is 12.1 Å². The molecule has 2 aromatic rings. The summed E-state index contributed by atoms with van der Waals surface area (Å²) >= 11 is 3.13. The minimum absolute atomic E-state index is 0.0937. The van der Waals surface area contributed by atoms with Crippen LogP contribution in [0.5, 0.6) is 5.75 Å². The molecule has 0 aliphatic rings. The van der Waals surface area contributed by atoms with Gasteiger partial charge in [0.2, 0.25) is 0 Å². The number of hydrogen-bond donors (Lipinski definition) is 0. The molecule has 0 saturated heterocycles. The van der Waals surface area contributed by atoms with Crippen molar-refractivity contribution in [3.63, 3.8) is 0 Å². The molecule has 5 nitrogen and oxygen atoms in total. The van der Waals surface area contributed by atoms with Crippen molar-refractivity contribution in [1.82, 2.24) is 0 Å². The second-order valence-corrected chi connectivity index (χ2v) is 10.0. The van der Waals surface area contributed by atoms with Crippen LogP contribution in [0.4, 0.5) is 0 Å². The maximum atomic E-state index is 12.5. The van der Waals surface area contributed by atoms with E-state index >= 15 is 0 Å². The zero-order valence-electron chi connectivity index (χ0n) is 13.4.